The van der Waals surface area contributed by atoms with Crippen LogP contribution in [0.2, 0.25) is 0 Å². The maximum atomic E-state index is 13.1. The van der Waals surface area contributed by atoms with Crippen molar-refractivity contribution in [3.05, 3.63) is 57.6 Å². The molecule has 30 heavy (non-hydrogen) atoms. The molecule has 1 N–H and O–H groups in total. The van der Waals surface area contributed by atoms with Crippen molar-refractivity contribution in [2.75, 3.05) is 20.8 Å². The van der Waals surface area contributed by atoms with E-state index < -0.39 is 6.04 Å². The molecule has 7 heteroatoms. The molecule has 0 heterocycles. The number of hydrogen-bond acceptors (Lipinski definition) is 4. The Labute approximate surface area is 186 Å². The molecule has 0 saturated heterocycles. The molecule has 0 aliphatic rings. The Morgan fingerprint density at radius 2 is 1.70 bits per heavy atom. The maximum Gasteiger partial charge on any atom is 0.261 e. The number of rotatable bonds is 9. The van der Waals surface area contributed by atoms with Gasteiger partial charge in [-0.1, -0.05) is 35.0 Å². The van der Waals surface area contributed by atoms with Gasteiger partial charge in [-0.05, 0) is 61.2 Å². The highest BCUT2D eigenvalue weighted by Gasteiger charge is 2.28. The van der Waals surface area contributed by atoms with Gasteiger partial charge in [-0.15, -0.1) is 0 Å². The molecule has 0 unspecified atom stereocenters. The van der Waals surface area contributed by atoms with Crippen molar-refractivity contribution in [3.63, 3.8) is 0 Å². The molecule has 6 nitrogen and oxygen atoms in total. The standard InChI is InChI=1S/C23H29BrN2O4/c1-6-20(23(28)25-4)26(13-17-7-9-18(29-5)10-8-17)21(27)14-30-19-11-15(2)22(24)16(3)12-19/h7-12,20H,6,13-14H2,1-5H3,(H,25,28)/t20-/m0/s1. The third-order valence-corrected chi connectivity index (χ3v) is 6.17. The third-order valence-electron chi connectivity index (χ3n) is 4.92. The zero-order valence-electron chi connectivity index (χ0n) is 18.1. The first-order valence-electron chi connectivity index (χ1n) is 9.84. The number of carbonyl (C=O) groups is 2. The Bertz CT molecular complexity index is 860. The first kappa shape index (κ1) is 23.7. The number of halogens is 1. The number of benzene rings is 2. The number of amides is 2. The van der Waals surface area contributed by atoms with Crippen LogP contribution in [0.15, 0.2) is 40.9 Å². The molecule has 2 rings (SSSR count). The van der Waals surface area contributed by atoms with Gasteiger partial charge in [0.2, 0.25) is 5.91 Å². The zero-order valence-corrected chi connectivity index (χ0v) is 19.7. The Kier molecular flexibility index (Phi) is 8.72. The minimum absolute atomic E-state index is 0.149. The van der Waals surface area contributed by atoms with Crippen LogP contribution < -0.4 is 14.8 Å². The van der Waals surface area contributed by atoms with Crippen LogP contribution in [0, 0.1) is 13.8 Å². The second kappa shape index (κ2) is 11.0. The lowest BCUT2D eigenvalue weighted by atomic mass is 10.1. The molecule has 0 spiro atoms. The fourth-order valence-electron chi connectivity index (χ4n) is 3.23. The quantitative estimate of drug-likeness (QED) is 0.593. The third kappa shape index (κ3) is 5.98. The lowest BCUT2D eigenvalue weighted by molar-refractivity contribution is -0.142. The second-order valence-electron chi connectivity index (χ2n) is 7.07. The number of hydrogen-bond donors (Lipinski definition) is 1. The Morgan fingerprint density at radius 1 is 1.10 bits per heavy atom. The van der Waals surface area contributed by atoms with Gasteiger partial charge in [-0.25, -0.2) is 0 Å². The average Bonchev–Trinajstić information content (AvgIpc) is 2.75. The Balaban J connectivity index is 2.21. The summed E-state index contributed by atoms with van der Waals surface area (Å²) in [5.41, 5.74) is 2.97. The molecule has 2 aromatic rings. The van der Waals surface area contributed by atoms with E-state index in [0.717, 1.165) is 26.9 Å². The number of likely N-dealkylation sites (N-methyl/N-ethyl adjacent to an activating group) is 1. The SMILES string of the molecule is CC[C@@H](C(=O)NC)N(Cc1ccc(OC)cc1)C(=O)COc1cc(C)c(Br)c(C)c1. The van der Waals surface area contributed by atoms with Crippen LogP contribution in [0.4, 0.5) is 0 Å². The molecule has 0 aliphatic heterocycles. The summed E-state index contributed by atoms with van der Waals surface area (Å²) in [7, 11) is 3.18. The predicted octanol–water partition coefficient (Wildman–Crippen LogP) is 4.01. The molecule has 0 bridgehead atoms. The largest absolute Gasteiger partial charge is 0.497 e. The smallest absolute Gasteiger partial charge is 0.261 e. The van der Waals surface area contributed by atoms with Crippen LogP contribution in [0.5, 0.6) is 11.5 Å². The van der Waals surface area contributed by atoms with Gasteiger partial charge in [0.1, 0.15) is 17.5 Å². The van der Waals surface area contributed by atoms with Crippen molar-refractivity contribution in [3.8, 4) is 11.5 Å². The van der Waals surface area contributed by atoms with Crippen molar-refractivity contribution >= 4 is 27.7 Å². The average molecular weight is 477 g/mol. The van der Waals surface area contributed by atoms with E-state index in [4.69, 9.17) is 9.47 Å². The van der Waals surface area contributed by atoms with Crippen LogP contribution in [0.3, 0.4) is 0 Å². The lowest BCUT2D eigenvalue weighted by Gasteiger charge is -2.30. The summed E-state index contributed by atoms with van der Waals surface area (Å²) in [5.74, 6) is 0.910. The number of nitrogens with zero attached hydrogens (tertiary/aromatic N) is 1. The maximum absolute atomic E-state index is 13.1. The topological polar surface area (TPSA) is 67.9 Å². The highest BCUT2D eigenvalue weighted by Crippen LogP contribution is 2.26. The van der Waals surface area contributed by atoms with Crippen molar-refractivity contribution in [1.82, 2.24) is 10.2 Å². The van der Waals surface area contributed by atoms with Gasteiger partial charge in [0.05, 0.1) is 7.11 Å². The lowest BCUT2D eigenvalue weighted by Crippen LogP contribution is -2.49. The van der Waals surface area contributed by atoms with Gasteiger partial charge in [-0.2, -0.15) is 0 Å². The summed E-state index contributed by atoms with van der Waals surface area (Å²) in [4.78, 5) is 27.1. The Hall–Kier alpha value is -2.54. The molecular formula is C23H29BrN2O4. The highest BCUT2D eigenvalue weighted by molar-refractivity contribution is 9.10. The van der Waals surface area contributed by atoms with Gasteiger partial charge in [0.25, 0.3) is 5.91 Å². The fourth-order valence-corrected chi connectivity index (χ4v) is 3.46. The summed E-state index contributed by atoms with van der Waals surface area (Å²) in [6.07, 6.45) is 0.498. The highest BCUT2D eigenvalue weighted by atomic mass is 79.9. The molecule has 162 valence electrons. The van der Waals surface area contributed by atoms with E-state index in [1.54, 1.807) is 19.1 Å². The molecular weight excluding hydrogens is 448 g/mol. The summed E-state index contributed by atoms with van der Waals surface area (Å²) in [5, 5.41) is 2.65. The van der Waals surface area contributed by atoms with E-state index in [1.165, 1.54) is 0 Å². The van der Waals surface area contributed by atoms with Crippen LogP contribution >= 0.6 is 15.9 Å². The van der Waals surface area contributed by atoms with Gasteiger partial charge in [-0.3, -0.25) is 9.59 Å². The number of nitrogens with one attached hydrogen (secondary N) is 1. The van der Waals surface area contributed by atoms with Crippen molar-refractivity contribution < 1.29 is 19.1 Å². The molecule has 0 radical (unpaired) electrons. The second-order valence-corrected chi connectivity index (χ2v) is 7.86. The summed E-state index contributed by atoms with van der Waals surface area (Å²) in [6.45, 7) is 5.98. The first-order chi connectivity index (χ1) is 14.3. The van der Waals surface area contributed by atoms with E-state index in [0.29, 0.717) is 18.7 Å². The molecule has 2 amide bonds. The molecule has 2 aromatic carbocycles. The number of ether oxygens (including phenoxy) is 2. The van der Waals surface area contributed by atoms with Crippen LogP contribution in [-0.4, -0.2) is 43.5 Å². The van der Waals surface area contributed by atoms with Crippen molar-refractivity contribution in [2.45, 2.75) is 39.8 Å². The molecule has 0 fully saturated rings. The van der Waals surface area contributed by atoms with Crippen molar-refractivity contribution in [1.29, 1.82) is 0 Å². The molecule has 0 aromatic heterocycles. The van der Waals surface area contributed by atoms with E-state index in [1.807, 2.05) is 57.2 Å². The summed E-state index contributed by atoms with van der Waals surface area (Å²) >= 11 is 3.53. The van der Waals surface area contributed by atoms with E-state index >= 15 is 0 Å². The summed E-state index contributed by atoms with van der Waals surface area (Å²) < 4.78 is 12.0. The van der Waals surface area contributed by atoms with Crippen LogP contribution in [-0.2, 0) is 16.1 Å². The van der Waals surface area contributed by atoms with Gasteiger partial charge in [0, 0.05) is 18.1 Å². The van der Waals surface area contributed by atoms with E-state index in [-0.39, 0.29) is 18.4 Å². The fraction of sp³-hybridized carbons (Fsp3) is 0.391. The number of carbonyl (C=O) groups excluding carboxylic acids is 2. The first-order valence-corrected chi connectivity index (χ1v) is 10.6. The molecule has 0 aliphatic carbocycles. The van der Waals surface area contributed by atoms with Crippen LogP contribution in [0.25, 0.3) is 0 Å². The van der Waals surface area contributed by atoms with Crippen LogP contribution in [0.1, 0.15) is 30.0 Å². The number of aryl methyl sites for hydroxylation is 2. The summed E-state index contributed by atoms with van der Waals surface area (Å²) in [6, 6.07) is 10.6. The number of methoxy groups -OCH3 is 1. The predicted molar refractivity (Wildman–Crippen MR) is 121 cm³/mol. The minimum Gasteiger partial charge on any atom is -0.497 e. The van der Waals surface area contributed by atoms with Gasteiger partial charge >= 0.3 is 0 Å². The van der Waals surface area contributed by atoms with Gasteiger partial charge in [0.15, 0.2) is 6.61 Å². The van der Waals surface area contributed by atoms with Gasteiger partial charge < -0.3 is 19.7 Å². The van der Waals surface area contributed by atoms with E-state index in [9.17, 15) is 9.59 Å². The van der Waals surface area contributed by atoms with E-state index in [2.05, 4.69) is 21.2 Å². The zero-order chi connectivity index (χ0) is 22.3. The Morgan fingerprint density at radius 3 is 2.20 bits per heavy atom. The molecule has 0 saturated carbocycles. The molecule has 1 atom stereocenters. The normalized spacial score (nSPS) is 11.5. The van der Waals surface area contributed by atoms with Crippen molar-refractivity contribution in [2.24, 2.45) is 0 Å². The minimum atomic E-state index is -0.582. The monoisotopic (exact) mass is 476 g/mol.